The van der Waals surface area contributed by atoms with Gasteiger partial charge in [0.15, 0.2) is 0 Å². The van der Waals surface area contributed by atoms with Gasteiger partial charge in [-0.1, -0.05) is 6.07 Å². The normalized spacial score (nSPS) is 21.8. The minimum Gasteiger partial charge on any atom is -0.375 e. The molecule has 2 nitrogen and oxygen atoms in total. The summed E-state index contributed by atoms with van der Waals surface area (Å²) in [5.74, 6) is 0. The van der Waals surface area contributed by atoms with Crippen LogP contribution < -0.4 is 5.32 Å². The monoisotopic (exact) mass is 265 g/mol. The first kappa shape index (κ1) is 12.6. The molecule has 2 aliphatic rings. The van der Waals surface area contributed by atoms with Crippen LogP contribution in [0.3, 0.4) is 0 Å². The van der Waals surface area contributed by atoms with Crippen LogP contribution >= 0.6 is 11.3 Å². The van der Waals surface area contributed by atoms with Crippen molar-refractivity contribution in [2.45, 2.75) is 56.6 Å². The number of thiophene rings is 1. The van der Waals surface area contributed by atoms with Crippen molar-refractivity contribution >= 4 is 11.3 Å². The Balaban J connectivity index is 1.37. The molecule has 3 rings (SSSR count). The van der Waals surface area contributed by atoms with E-state index in [9.17, 15) is 0 Å². The molecule has 0 bridgehead atoms. The second-order valence-electron chi connectivity index (χ2n) is 5.69. The summed E-state index contributed by atoms with van der Waals surface area (Å²) in [7, 11) is 0. The van der Waals surface area contributed by atoms with Gasteiger partial charge in [-0.25, -0.2) is 0 Å². The zero-order valence-corrected chi connectivity index (χ0v) is 11.8. The van der Waals surface area contributed by atoms with E-state index in [-0.39, 0.29) is 5.60 Å². The van der Waals surface area contributed by atoms with Crippen LogP contribution in [0.25, 0.3) is 0 Å². The first-order chi connectivity index (χ1) is 8.86. The molecule has 0 saturated heterocycles. The van der Waals surface area contributed by atoms with E-state index in [2.05, 4.69) is 22.8 Å². The summed E-state index contributed by atoms with van der Waals surface area (Å²) < 4.78 is 6.21. The fourth-order valence-electron chi connectivity index (χ4n) is 2.65. The van der Waals surface area contributed by atoms with Gasteiger partial charge in [0.1, 0.15) is 0 Å². The quantitative estimate of drug-likeness (QED) is 0.778. The van der Waals surface area contributed by atoms with Gasteiger partial charge in [-0.15, -0.1) is 11.3 Å². The second-order valence-corrected chi connectivity index (χ2v) is 6.73. The molecule has 1 aromatic heterocycles. The topological polar surface area (TPSA) is 21.3 Å². The largest absolute Gasteiger partial charge is 0.375 e. The molecule has 1 heterocycles. The third-order valence-electron chi connectivity index (χ3n) is 4.19. The van der Waals surface area contributed by atoms with E-state index in [1.165, 1.54) is 43.4 Å². The summed E-state index contributed by atoms with van der Waals surface area (Å²) in [6, 6.07) is 5.16. The van der Waals surface area contributed by atoms with Crippen LogP contribution in [-0.2, 0) is 11.2 Å². The maximum atomic E-state index is 6.21. The second kappa shape index (κ2) is 5.72. The third kappa shape index (κ3) is 3.34. The molecule has 0 unspecified atom stereocenters. The maximum absolute atomic E-state index is 6.21. The Hall–Kier alpha value is -0.380. The zero-order chi connectivity index (χ0) is 12.3. The van der Waals surface area contributed by atoms with E-state index in [0.29, 0.717) is 0 Å². The average Bonchev–Trinajstić information content (AvgIpc) is 3.00. The summed E-state index contributed by atoms with van der Waals surface area (Å²) in [6.45, 7) is 2.04. The summed E-state index contributed by atoms with van der Waals surface area (Å²) in [5, 5.41) is 5.75. The number of nitrogens with one attached hydrogen (secondary N) is 1. The van der Waals surface area contributed by atoms with Crippen LogP contribution in [0.2, 0.25) is 0 Å². The van der Waals surface area contributed by atoms with Crippen molar-refractivity contribution in [3.05, 3.63) is 22.4 Å². The third-order valence-corrected chi connectivity index (χ3v) is 5.13. The molecule has 1 aromatic rings. The number of hydrogen-bond donors (Lipinski definition) is 1. The summed E-state index contributed by atoms with van der Waals surface area (Å²) in [6.07, 6.45) is 8.93. The van der Waals surface area contributed by atoms with Crippen LogP contribution in [0.1, 0.15) is 43.4 Å². The van der Waals surface area contributed by atoms with E-state index in [4.69, 9.17) is 4.74 Å². The first-order valence-electron chi connectivity index (χ1n) is 7.26. The molecule has 100 valence electrons. The molecule has 1 N–H and O–H groups in total. The lowest BCUT2D eigenvalue weighted by Gasteiger charge is -2.42. The van der Waals surface area contributed by atoms with Crippen LogP contribution in [0.5, 0.6) is 0 Å². The van der Waals surface area contributed by atoms with Crippen LogP contribution in [0, 0.1) is 0 Å². The fraction of sp³-hybridized carbons (Fsp3) is 0.733. The molecule has 0 aliphatic heterocycles. The van der Waals surface area contributed by atoms with E-state index in [1.807, 2.05) is 11.3 Å². The Bertz CT molecular complexity index is 355. The standard InChI is InChI=1S/C15H23NOS/c1-3-14(18-12-1)6-11-17-15(7-2-8-15)9-10-16-13-4-5-13/h1,3,12-13,16H,2,4-11H2. The average molecular weight is 265 g/mol. The lowest BCUT2D eigenvalue weighted by molar-refractivity contribution is -0.103. The molecule has 0 spiro atoms. The molecule has 18 heavy (non-hydrogen) atoms. The summed E-state index contributed by atoms with van der Waals surface area (Å²) in [4.78, 5) is 1.44. The molecule has 0 atom stereocenters. The van der Waals surface area contributed by atoms with Crippen molar-refractivity contribution in [3.8, 4) is 0 Å². The van der Waals surface area contributed by atoms with E-state index in [0.717, 1.165) is 25.6 Å². The number of hydrogen-bond acceptors (Lipinski definition) is 3. The molecule has 2 saturated carbocycles. The number of rotatable bonds is 8. The van der Waals surface area contributed by atoms with Gasteiger partial charge < -0.3 is 10.1 Å². The minimum absolute atomic E-state index is 0.221. The smallest absolute Gasteiger partial charge is 0.0694 e. The van der Waals surface area contributed by atoms with Gasteiger partial charge in [0, 0.05) is 17.3 Å². The predicted octanol–water partition coefficient (Wildman–Crippen LogP) is 3.37. The van der Waals surface area contributed by atoms with Gasteiger partial charge in [0.25, 0.3) is 0 Å². The molecule has 3 heteroatoms. The van der Waals surface area contributed by atoms with Crippen LogP contribution in [0.4, 0.5) is 0 Å². The molecule has 0 aromatic carbocycles. The lowest BCUT2D eigenvalue weighted by atomic mass is 9.77. The van der Waals surface area contributed by atoms with Crippen molar-refractivity contribution < 1.29 is 4.74 Å². The summed E-state index contributed by atoms with van der Waals surface area (Å²) in [5.41, 5.74) is 0.221. The Labute approximate surface area is 114 Å². The lowest BCUT2D eigenvalue weighted by Crippen LogP contribution is -2.43. The highest BCUT2D eigenvalue weighted by Crippen LogP contribution is 2.38. The Kier molecular flexibility index (Phi) is 4.02. The Morgan fingerprint density at radius 3 is 2.89 bits per heavy atom. The van der Waals surface area contributed by atoms with Crippen molar-refractivity contribution in [2.24, 2.45) is 0 Å². The van der Waals surface area contributed by atoms with Crippen molar-refractivity contribution in [3.63, 3.8) is 0 Å². The van der Waals surface area contributed by atoms with Gasteiger partial charge in [-0.3, -0.25) is 0 Å². The molecule has 2 aliphatic carbocycles. The molecular formula is C15H23NOS. The first-order valence-corrected chi connectivity index (χ1v) is 8.14. The van der Waals surface area contributed by atoms with Crippen molar-refractivity contribution in [1.29, 1.82) is 0 Å². The zero-order valence-electron chi connectivity index (χ0n) is 11.0. The minimum atomic E-state index is 0.221. The molecule has 0 radical (unpaired) electrons. The highest BCUT2D eigenvalue weighted by Gasteiger charge is 2.37. The van der Waals surface area contributed by atoms with E-state index < -0.39 is 0 Å². The summed E-state index contributed by atoms with van der Waals surface area (Å²) >= 11 is 1.84. The molecule has 0 amide bonds. The highest BCUT2D eigenvalue weighted by molar-refractivity contribution is 7.09. The molecule has 2 fully saturated rings. The van der Waals surface area contributed by atoms with Crippen LogP contribution in [0.15, 0.2) is 17.5 Å². The predicted molar refractivity (Wildman–Crippen MR) is 76.2 cm³/mol. The van der Waals surface area contributed by atoms with Gasteiger partial charge >= 0.3 is 0 Å². The van der Waals surface area contributed by atoms with Gasteiger partial charge in [-0.05, 0) is 56.5 Å². The van der Waals surface area contributed by atoms with E-state index in [1.54, 1.807) is 0 Å². The number of ether oxygens (including phenoxy) is 1. The Morgan fingerprint density at radius 1 is 1.39 bits per heavy atom. The van der Waals surface area contributed by atoms with E-state index >= 15 is 0 Å². The fourth-order valence-corrected chi connectivity index (χ4v) is 3.34. The Morgan fingerprint density at radius 2 is 2.28 bits per heavy atom. The van der Waals surface area contributed by atoms with Gasteiger partial charge in [-0.2, -0.15) is 0 Å². The maximum Gasteiger partial charge on any atom is 0.0694 e. The molecular weight excluding hydrogens is 242 g/mol. The highest BCUT2D eigenvalue weighted by atomic mass is 32.1. The van der Waals surface area contributed by atoms with Gasteiger partial charge in [0.05, 0.1) is 12.2 Å². The van der Waals surface area contributed by atoms with Gasteiger partial charge in [0.2, 0.25) is 0 Å². The SMILES string of the molecule is c1csc(CCOC2(CCNC3CC3)CCC2)c1. The van der Waals surface area contributed by atoms with Crippen molar-refractivity contribution in [2.75, 3.05) is 13.2 Å². The van der Waals surface area contributed by atoms with Crippen LogP contribution in [-0.4, -0.2) is 24.8 Å². The van der Waals surface area contributed by atoms with Crippen molar-refractivity contribution in [1.82, 2.24) is 5.32 Å².